The average Bonchev–Trinajstić information content (AvgIpc) is 2.36. The van der Waals surface area contributed by atoms with Crippen LogP contribution in [0, 0.1) is 0 Å². The van der Waals surface area contributed by atoms with Crippen LogP contribution >= 0.6 is 12.2 Å². The van der Waals surface area contributed by atoms with Crippen LogP contribution in [-0.2, 0) is 6.18 Å². The summed E-state index contributed by atoms with van der Waals surface area (Å²) in [7, 11) is 0. The van der Waals surface area contributed by atoms with Crippen molar-refractivity contribution in [2.45, 2.75) is 6.18 Å². The molecule has 0 aliphatic heterocycles. The van der Waals surface area contributed by atoms with Gasteiger partial charge in [0.15, 0.2) is 5.11 Å². The molecule has 0 radical (unpaired) electrons. The molecule has 0 bridgehead atoms. The van der Waals surface area contributed by atoms with Gasteiger partial charge in [0.2, 0.25) is 0 Å². The van der Waals surface area contributed by atoms with Crippen LogP contribution in [0.15, 0.2) is 35.6 Å². The van der Waals surface area contributed by atoms with Gasteiger partial charge in [-0.3, -0.25) is 10.4 Å². The molecule has 0 saturated carbocycles. The Balaban J connectivity index is 2.54. The molecule has 1 aromatic heterocycles. The summed E-state index contributed by atoms with van der Waals surface area (Å²) in [5.41, 5.74) is 7.08. The molecule has 1 heterocycles. The molecule has 0 aliphatic rings. The SMILES string of the molecule is NC(=S)N/N=C/c1nccc2c(C(F)(F)F)cccc12. The Hall–Kier alpha value is -2.22. The number of rotatable bonds is 2. The highest BCUT2D eigenvalue weighted by Crippen LogP contribution is 2.34. The van der Waals surface area contributed by atoms with E-state index in [0.29, 0.717) is 5.39 Å². The molecule has 20 heavy (non-hydrogen) atoms. The molecule has 0 aliphatic carbocycles. The van der Waals surface area contributed by atoms with Crippen molar-refractivity contribution < 1.29 is 13.2 Å². The number of benzene rings is 1. The molecule has 8 heteroatoms. The summed E-state index contributed by atoms with van der Waals surface area (Å²) in [6, 6.07) is 5.21. The summed E-state index contributed by atoms with van der Waals surface area (Å²) in [5, 5.41) is 4.06. The summed E-state index contributed by atoms with van der Waals surface area (Å²) in [6.45, 7) is 0. The minimum atomic E-state index is -4.42. The Morgan fingerprint density at radius 3 is 2.70 bits per heavy atom. The summed E-state index contributed by atoms with van der Waals surface area (Å²) in [5.74, 6) is 0. The van der Waals surface area contributed by atoms with Crippen molar-refractivity contribution in [1.82, 2.24) is 10.4 Å². The number of nitrogens with two attached hydrogens (primary N) is 1. The number of pyridine rings is 1. The molecule has 0 spiro atoms. The van der Waals surface area contributed by atoms with Crippen molar-refractivity contribution in [2.24, 2.45) is 10.8 Å². The first-order chi connectivity index (χ1) is 9.39. The molecule has 0 saturated heterocycles. The van der Waals surface area contributed by atoms with Gasteiger partial charge in [-0.25, -0.2) is 0 Å². The predicted octanol–water partition coefficient (Wildman–Crippen LogP) is 2.42. The molecular weight excluding hydrogens is 289 g/mol. The van der Waals surface area contributed by atoms with Gasteiger partial charge in [-0.1, -0.05) is 12.1 Å². The number of hydrogen-bond acceptors (Lipinski definition) is 3. The number of thiocarbonyl (C=S) groups is 1. The number of aromatic nitrogens is 1. The number of hydrogen-bond donors (Lipinski definition) is 2. The first-order valence-electron chi connectivity index (χ1n) is 5.43. The van der Waals surface area contributed by atoms with E-state index in [-0.39, 0.29) is 16.2 Å². The Bertz CT molecular complexity index is 682. The van der Waals surface area contributed by atoms with Gasteiger partial charge < -0.3 is 5.73 Å². The molecule has 2 rings (SSSR count). The molecule has 2 aromatic rings. The minimum absolute atomic E-state index is 0.0440. The topological polar surface area (TPSA) is 63.3 Å². The van der Waals surface area contributed by atoms with Gasteiger partial charge in [0.25, 0.3) is 0 Å². The van der Waals surface area contributed by atoms with Crippen molar-refractivity contribution >= 4 is 34.3 Å². The summed E-state index contributed by atoms with van der Waals surface area (Å²) in [4.78, 5) is 3.99. The fraction of sp³-hybridized carbons (Fsp3) is 0.0833. The van der Waals surface area contributed by atoms with E-state index in [0.717, 1.165) is 6.07 Å². The summed E-state index contributed by atoms with van der Waals surface area (Å²) in [6.07, 6.45) is -1.87. The molecule has 0 amide bonds. The van der Waals surface area contributed by atoms with Gasteiger partial charge in [-0.2, -0.15) is 18.3 Å². The van der Waals surface area contributed by atoms with Crippen molar-refractivity contribution in [3.8, 4) is 0 Å². The molecular formula is C12H9F3N4S. The maximum atomic E-state index is 12.9. The van der Waals surface area contributed by atoms with E-state index >= 15 is 0 Å². The van der Waals surface area contributed by atoms with Crippen LogP contribution in [0.2, 0.25) is 0 Å². The third-order valence-electron chi connectivity index (χ3n) is 2.50. The zero-order valence-electron chi connectivity index (χ0n) is 9.98. The number of alkyl halides is 3. The van der Waals surface area contributed by atoms with Crippen LogP contribution in [0.4, 0.5) is 13.2 Å². The van der Waals surface area contributed by atoms with Crippen LogP contribution in [0.3, 0.4) is 0 Å². The van der Waals surface area contributed by atoms with Gasteiger partial charge in [0.05, 0.1) is 17.5 Å². The van der Waals surface area contributed by atoms with E-state index in [2.05, 4.69) is 27.7 Å². The molecule has 0 fully saturated rings. The fourth-order valence-electron chi connectivity index (χ4n) is 1.74. The normalized spacial score (nSPS) is 11.9. The third kappa shape index (κ3) is 3.02. The van der Waals surface area contributed by atoms with Gasteiger partial charge in [-0.05, 0) is 29.7 Å². The second-order valence-electron chi connectivity index (χ2n) is 3.83. The van der Waals surface area contributed by atoms with Crippen molar-refractivity contribution in [3.63, 3.8) is 0 Å². The van der Waals surface area contributed by atoms with E-state index in [1.54, 1.807) is 6.07 Å². The van der Waals surface area contributed by atoms with E-state index < -0.39 is 11.7 Å². The van der Waals surface area contributed by atoms with Gasteiger partial charge in [0, 0.05) is 11.6 Å². The lowest BCUT2D eigenvalue weighted by molar-refractivity contribution is -0.136. The molecule has 3 N–H and O–H groups in total. The molecule has 4 nitrogen and oxygen atoms in total. The molecule has 0 atom stereocenters. The maximum Gasteiger partial charge on any atom is 0.417 e. The van der Waals surface area contributed by atoms with Gasteiger partial charge in [0.1, 0.15) is 0 Å². The third-order valence-corrected chi connectivity index (χ3v) is 2.60. The lowest BCUT2D eigenvalue weighted by Gasteiger charge is -2.10. The highest BCUT2D eigenvalue weighted by atomic mass is 32.1. The zero-order chi connectivity index (χ0) is 14.8. The summed E-state index contributed by atoms with van der Waals surface area (Å²) >= 11 is 4.56. The zero-order valence-corrected chi connectivity index (χ0v) is 10.8. The molecule has 0 unspecified atom stereocenters. The van der Waals surface area contributed by atoms with E-state index in [1.165, 1.54) is 24.5 Å². The first kappa shape index (κ1) is 14.2. The Labute approximate surface area is 117 Å². The number of nitrogens with one attached hydrogen (secondary N) is 1. The minimum Gasteiger partial charge on any atom is -0.375 e. The Kier molecular flexibility index (Phi) is 3.84. The molecule has 1 aromatic carbocycles. The fourth-order valence-corrected chi connectivity index (χ4v) is 1.79. The average molecular weight is 298 g/mol. The monoisotopic (exact) mass is 298 g/mol. The molecule has 104 valence electrons. The van der Waals surface area contributed by atoms with Crippen LogP contribution in [0.5, 0.6) is 0 Å². The highest BCUT2D eigenvalue weighted by Gasteiger charge is 2.32. The van der Waals surface area contributed by atoms with Crippen molar-refractivity contribution in [1.29, 1.82) is 0 Å². The highest BCUT2D eigenvalue weighted by molar-refractivity contribution is 7.80. The lowest BCUT2D eigenvalue weighted by Crippen LogP contribution is -2.24. The standard InChI is InChI=1S/C12H9F3N4S/c13-12(14,15)9-3-1-2-8-7(9)4-5-17-10(8)6-18-19-11(16)20/h1-6H,(H3,16,19,20)/b18-6+. The lowest BCUT2D eigenvalue weighted by atomic mass is 10.0. The van der Waals surface area contributed by atoms with Crippen molar-refractivity contribution in [2.75, 3.05) is 0 Å². The second-order valence-corrected chi connectivity index (χ2v) is 4.27. The maximum absolute atomic E-state index is 12.9. The van der Waals surface area contributed by atoms with Crippen LogP contribution < -0.4 is 11.2 Å². The van der Waals surface area contributed by atoms with E-state index in [9.17, 15) is 13.2 Å². The number of halogens is 3. The second kappa shape index (κ2) is 5.41. The van der Waals surface area contributed by atoms with Crippen LogP contribution in [-0.4, -0.2) is 16.3 Å². The van der Waals surface area contributed by atoms with Gasteiger partial charge >= 0.3 is 6.18 Å². The van der Waals surface area contributed by atoms with Crippen LogP contribution in [0.25, 0.3) is 10.8 Å². The van der Waals surface area contributed by atoms with Crippen LogP contribution in [0.1, 0.15) is 11.3 Å². The van der Waals surface area contributed by atoms with Crippen molar-refractivity contribution in [3.05, 3.63) is 41.7 Å². The number of nitrogens with zero attached hydrogens (tertiary/aromatic N) is 2. The number of fused-ring (bicyclic) bond motifs is 1. The predicted molar refractivity (Wildman–Crippen MR) is 74.3 cm³/mol. The van der Waals surface area contributed by atoms with Gasteiger partial charge in [-0.15, -0.1) is 0 Å². The van der Waals surface area contributed by atoms with E-state index in [1.807, 2.05) is 0 Å². The van der Waals surface area contributed by atoms with E-state index in [4.69, 9.17) is 5.73 Å². The smallest absolute Gasteiger partial charge is 0.375 e. The Morgan fingerprint density at radius 1 is 1.30 bits per heavy atom. The Morgan fingerprint density at radius 2 is 2.05 bits per heavy atom. The summed E-state index contributed by atoms with van der Waals surface area (Å²) < 4.78 is 38.7. The quantitative estimate of drug-likeness (QED) is 0.508. The largest absolute Gasteiger partial charge is 0.417 e. The number of hydrazone groups is 1. The first-order valence-corrected chi connectivity index (χ1v) is 5.84.